The third-order valence-electron chi connectivity index (χ3n) is 3.63. The van der Waals surface area contributed by atoms with E-state index in [0.29, 0.717) is 6.54 Å². The molecule has 5 heteroatoms. The highest BCUT2D eigenvalue weighted by molar-refractivity contribution is 8.00. The van der Waals surface area contributed by atoms with Crippen LogP contribution in [0.2, 0.25) is 0 Å². The Balaban J connectivity index is 1.99. The van der Waals surface area contributed by atoms with Crippen molar-refractivity contribution in [1.29, 1.82) is 0 Å². The molecule has 0 spiro atoms. The van der Waals surface area contributed by atoms with Crippen molar-refractivity contribution in [3.05, 3.63) is 46.8 Å². The molecule has 1 unspecified atom stereocenters. The van der Waals surface area contributed by atoms with Crippen LogP contribution in [0.1, 0.15) is 29.5 Å². The molecule has 118 valence electrons. The first-order chi connectivity index (χ1) is 10.4. The number of rotatable bonds is 5. The monoisotopic (exact) mass is 318 g/mol. The number of carbonyl (C=O) groups is 1. The van der Waals surface area contributed by atoms with Gasteiger partial charge < -0.3 is 9.42 Å². The number of benzene rings is 1. The van der Waals surface area contributed by atoms with Gasteiger partial charge in [0.15, 0.2) is 0 Å². The van der Waals surface area contributed by atoms with Crippen LogP contribution >= 0.6 is 11.8 Å². The lowest BCUT2D eigenvalue weighted by molar-refractivity contribution is -0.129. The lowest BCUT2D eigenvalue weighted by Gasteiger charge is -2.21. The van der Waals surface area contributed by atoms with Crippen LogP contribution in [0.15, 0.2) is 33.7 Å². The Morgan fingerprint density at radius 2 is 1.91 bits per heavy atom. The summed E-state index contributed by atoms with van der Waals surface area (Å²) in [6, 6.07) is 8.23. The summed E-state index contributed by atoms with van der Waals surface area (Å²) in [5.41, 5.74) is 3.05. The number of carbonyl (C=O) groups excluding carboxylic acids is 1. The lowest BCUT2D eigenvalue weighted by atomic mass is 10.2. The Bertz CT molecular complexity index is 630. The summed E-state index contributed by atoms with van der Waals surface area (Å²) in [6.45, 7) is 8.29. The molecule has 1 aromatic heterocycles. The van der Waals surface area contributed by atoms with Crippen molar-refractivity contribution < 1.29 is 9.32 Å². The van der Waals surface area contributed by atoms with Gasteiger partial charge in [0.1, 0.15) is 5.76 Å². The summed E-state index contributed by atoms with van der Waals surface area (Å²) in [4.78, 5) is 15.4. The van der Waals surface area contributed by atoms with E-state index in [1.807, 2.05) is 27.8 Å². The molecule has 0 saturated carbocycles. The number of nitrogens with zero attached hydrogens (tertiary/aromatic N) is 2. The minimum Gasteiger partial charge on any atom is -0.361 e. The zero-order valence-corrected chi connectivity index (χ0v) is 14.5. The summed E-state index contributed by atoms with van der Waals surface area (Å²) in [7, 11) is 1.82. The standard InChI is InChI=1S/C17H22N2O2S/c1-11-6-8-15(9-7-11)22-14(4)17(20)19(5)10-16-12(2)18-21-13(16)3/h6-9,14H,10H2,1-5H3. The van der Waals surface area contributed by atoms with Crippen molar-refractivity contribution in [2.45, 2.75) is 44.4 Å². The second-order valence-electron chi connectivity index (χ2n) is 5.57. The molecule has 2 aromatic rings. The van der Waals surface area contributed by atoms with Crippen molar-refractivity contribution >= 4 is 17.7 Å². The van der Waals surface area contributed by atoms with Gasteiger partial charge in [0.05, 0.1) is 17.5 Å². The van der Waals surface area contributed by atoms with E-state index in [4.69, 9.17) is 4.52 Å². The first-order valence-corrected chi connectivity index (χ1v) is 8.16. The van der Waals surface area contributed by atoms with Crippen LogP contribution in [0.5, 0.6) is 0 Å². The fourth-order valence-electron chi connectivity index (χ4n) is 2.22. The van der Waals surface area contributed by atoms with E-state index in [2.05, 4.69) is 36.3 Å². The molecular weight excluding hydrogens is 296 g/mol. The average Bonchev–Trinajstić information content (AvgIpc) is 2.80. The molecule has 0 aliphatic heterocycles. The molecule has 1 amide bonds. The van der Waals surface area contributed by atoms with Gasteiger partial charge in [0.25, 0.3) is 0 Å². The van der Waals surface area contributed by atoms with Gasteiger partial charge in [-0.3, -0.25) is 4.79 Å². The van der Waals surface area contributed by atoms with E-state index in [1.165, 1.54) is 5.56 Å². The maximum Gasteiger partial charge on any atom is 0.235 e. The van der Waals surface area contributed by atoms with Crippen LogP contribution in [0.4, 0.5) is 0 Å². The van der Waals surface area contributed by atoms with Crippen molar-refractivity contribution in [3.63, 3.8) is 0 Å². The summed E-state index contributed by atoms with van der Waals surface area (Å²) in [5, 5.41) is 3.80. The van der Waals surface area contributed by atoms with Gasteiger partial charge in [-0.2, -0.15) is 0 Å². The number of thioether (sulfide) groups is 1. The summed E-state index contributed by atoms with van der Waals surface area (Å²) < 4.78 is 5.15. The summed E-state index contributed by atoms with van der Waals surface area (Å²) in [5.74, 6) is 0.876. The normalized spacial score (nSPS) is 12.2. The van der Waals surface area contributed by atoms with Crippen LogP contribution in [-0.4, -0.2) is 28.3 Å². The molecule has 1 heterocycles. The molecule has 2 rings (SSSR count). The second-order valence-corrected chi connectivity index (χ2v) is 6.98. The summed E-state index contributed by atoms with van der Waals surface area (Å²) in [6.07, 6.45) is 0. The topological polar surface area (TPSA) is 46.3 Å². The van der Waals surface area contributed by atoms with Crippen LogP contribution in [0.25, 0.3) is 0 Å². The van der Waals surface area contributed by atoms with Crippen LogP contribution in [-0.2, 0) is 11.3 Å². The van der Waals surface area contributed by atoms with Crippen LogP contribution in [0.3, 0.4) is 0 Å². The highest BCUT2D eigenvalue weighted by Gasteiger charge is 2.21. The number of aromatic nitrogens is 1. The predicted octanol–water partition coefficient (Wildman–Crippen LogP) is 3.74. The SMILES string of the molecule is Cc1ccc(SC(C)C(=O)N(C)Cc2c(C)noc2C)cc1. The van der Waals surface area contributed by atoms with E-state index < -0.39 is 0 Å². The fourth-order valence-corrected chi connectivity index (χ4v) is 3.21. The first kappa shape index (κ1) is 16.6. The predicted molar refractivity (Wildman–Crippen MR) is 88.9 cm³/mol. The smallest absolute Gasteiger partial charge is 0.235 e. The van der Waals surface area contributed by atoms with Crippen LogP contribution in [0, 0.1) is 20.8 Å². The van der Waals surface area contributed by atoms with E-state index in [9.17, 15) is 4.79 Å². The van der Waals surface area contributed by atoms with E-state index in [-0.39, 0.29) is 11.2 Å². The summed E-state index contributed by atoms with van der Waals surface area (Å²) >= 11 is 1.58. The molecule has 0 saturated heterocycles. The molecule has 0 fully saturated rings. The third kappa shape index (κ3) is 3.91. The maximum atomic E-state index is 12.5. The molecule has 1 atom stereocenters. The minimum atomic E-state index is -0.131. The molecule has 0 aliphatic carbocycles. The molecule has 22 heavy (non-hydrogen) atoms. The van der Waals surface area contributed by atoms with Gasteiger partial charge in [-0.15, -0.1) is 11.8 Å². The number of hydrogen-bond donors (Lipinski definition) is 0. The van der Waals surface area contributed by atoms with Gasteiger partial charge in [0.2, 0.25) is 5.91 Å². The zero-order valence-electron chi connectivity index (χ0n) is 13.7. The minimum absolute atomic E-state index is 0.102. The molecule has 0 N–H and O–H groups in total. The van der Waals surface area contributed by atoms with Gasteiger partial charge in [-0.25, -0.2) is 0 Å². The van der Waals surface area contributed by atoms with E-state index >= 15 is 0 Å². The molecule has 1 aromatic carbocycles. The fraction of sp³-hybridized carbons (Fsp3) is 0.412. The molecule has 0 aliphatic rings. The van der Waals surface area contributed by atoms with Gasteiger partial charge in [-0.05, 0) is 39.8 Å². The average molecular weight is 318 g/mol. The lowest BCUT2D eigenvalue weighted by Crippen LogP contribution is -2.33. The highest BCUT2D eigenvalue weighted by Crippen LogP contribution is 2.25. The molecule has 4 nitrogen and oxygen atoms in total. The van der Waals surface area contributed by atoms with Crippen molar-refractivity contribution in [1.82, 2.24) is 10.1 Å². The van der Waals surface area contributed by atoms with Crippen molar-refractivity contribution in [2.24, 2.45) is 0 Å². The van der Waals surface area contributed by atoms with E-state index in [1.54, 1.807) is 16.7 Å². The quantitative estimate of drug-likeness (QED) is 0.788. The van der Waals surface area contributed by atoms with Crippen LogP contribution < -0.4 is 0 Å². The third-order valence-corrected chi connectivity index (χ3v) is 4.73. The first-order valence-electron chi connectivity index (χ1n) is 7.28. The maximum absolute atomic E-state index is 12.5. The Morgan fingerprint density at radius 1 is 1.27 bits per heavy atom. The highest BCUT2D eigenvalue weighted by atomic mass is 32.2. The Morgan fingerprint density at radius 3 is 2.45 bits per heavy atom. The zero-order chi connectivity index (χ0) is 16.3. The Hall–Kier alpha value is -1.75. The van der Waals surface area contributed by atoms with E-state index in [0.717, 1.165) is 21.9 Å². The second kappa shape index (κ2) is 7.01. The molecule has 0 bridgehead atoms. The van der Waals surface area contributed by atoms with Gasteiger partial charge in [0, 0.05) is 17.5 Å². The van der Waals surface area contributed by atoms with Crippen molar-refractivity contribution in [3.8, 4) is 0 Å². The molecule has 0 radical (unpaired) electrons. The largest absolute Gasteiger partial charge is 0.361 e. The van der Waals surface area contributed by atoms with Gasteiger partial charge in [-0.1, -0.05) is 22.9 Å². The molecular formula is C17H22N2O2S. The number of hydrogen-bond acceptors (Lipinski definition) is 4. The number of amides is 1. The Labute approximate surface area is 135 Å². The van der Waals surface area contributed by atoms with Crippen molar-refractivity contribution in [2.75, 3.05) is 7.05 Å². The van der Waals surface area contributed by atoms with Gasteiger partial charge >= 0.3 is 0 Å². The number of aryl methyl sites for hydroxylation is 3. The Kier molecular flexibility index (Phi) is 5.29.